The van der Waals surface area contributed by atoms with Gasteiger partial charge in [-0.2, -0.15) is 0 Å². The van der Waals surface area contributed by atoms with Crippen molar-refractivity contribution in [2.75, 3.05) is 29.1 Å². The van der Waals surface area contributed by atoms with Crippen molar-refractivity contribution in [2.45, 2.75) is 62.6 Å². The van der Waals surface area contributed by atoms with Crippen LogP contribution in [0, 0.1) is 0 Å². The fraction of sp³-hybridized carbons (Fsp3) is 0.600. The molecule has 1 saturated heterocycles. The summed E-state index contributed by atoms with van der Waals surface area (Å²) in [5, 5.41) is 15.8. The molecule has 4 rings (SSSR count). The van der Waals surface area contributed by atoms with E-state index in [4.69, 9.17) is 0 Å². The zero-order valence-corrected chi connectivity index (χ0v) is 17.0. The highest BCUT2D eigenvalue weighted by molar-refractivity contribution is 7.99. The summed E-state index contributed by atoms with van der Waals surface area (Å²) < 4.78 is 1.91. The van der Waals surface area contributed by atoms with Crippen LogP contribution in [0.15, 0.2) is 29.4 Å². The minimum absolute atomic E-state index is 0.0334. The van der Waals surface area contributed by atoms with Crippen LogP contribution in [0.25, 0.3) is 0 Å². The van der Waals surface area contributed by atoms with Crippen molar-refractivity contribution < 1.29 is 4.79 Å². The number of hydrogen-bond donors (Lipinski definition) is 1. The summed E-state index contributed by atoms with van der Waals surface area (Å²) in [6.45, 7) is 2.25. The third-order valence-corrected chi connectivity index (χ3v) is 6.52. The van der Waals surface area contributed by atoms with Gasteiger partial charge < -0.3 is 10.2 Å². The van der Waals surface area contributed by atoms with Gasteiger partial charge >= 0.3 is 0 Å². The quantitative estimate of drug-likeness (QED) is 0.741. The van der Waals surface area contributed by atoms with Crippen LogP contribution < -0.4 is 10.2 Å². The third-order valence-electron chi connectivity index (χ3n) is 5.59. The van der Waals surface area contributed by atoms with Gasteiger partial charge in [0, 0.05) is 24.5 Å². The summed E-state index contributed by atoms with van der Waals surface area (Å²) in [7, 11) is 0. The number of anilines is 2. The van der Waals surface area contributed by atoms with Gasteiger partial charge in [0.1, 0.15) is 0 Å². The maximum absolute atomic E-state index is 12.4. The molecule has 1 aliphatic carbocycles. The summed E-state index contributed by atoms with van der Waals surface area (Å²) in [5.41, 5.74) is 2.07. The lowest BCUT2D eigenvalue weighted by molar-refractivity contribution is -0.113. The molecule has 1 saturated carbocycles. The van der Waals surface area contributed by atoms with E-state index >= 15 is 0 Å². The minimum Gasteiger partial charge on any atom is -0.372 e. The van der Waals surface area contributed by atoms with Crippen LogP contribution >= 0.6 is 11.8 Å². The number of hydrogen-bond acceptors (Lipinski definition) is 6. The predicted molar refractivity (Wildman–Crippen MR) is 112 cm³/mol. The standard InChI is InChI=1S/C20H28N6OS/c27-19(15-28-20-22-23-24-26(20)18-7-3-1-4-8-18)21-16-9-11-17(12-10-16)25-13-5-2-6-14-25/h9-12,18H,1-8,13-15H2,(H,21,27). The molecule has 150 valence electrons. The van der Waals surface area contributed by atoms with E-state index in [1.54, 1.807) is 0 Å². The number of tetrazole rings is 1. The van der Waals surface area contributed by atoms with Gasteiger partial charge in [0.25, 0.3) is 0 Å². The Hall–Kier alpha value is -2.09. The number of nitrogens with zero attached hydrogens (tertiary/aromatic N) is 5. The van der Waals surface area contributed by atoms with Gasteiger partial charge in [-0.25, -0.2) is 4.68 Å². The second-order valence-corrected chi connectivity index (χ2v) is 8.57. The molecule has 1 amide bonds. The lowest BCUT2D eigenvalue weighted by Crippen LogP contribution is -2.29. The molecule has 0 spiro atoms. The molecule has 7 nitrogen and oxygen atoms in total. The zero-order valence-electron chi connectivity index (χ0n) is 16.2. The Morgan fingerprint density at radius 3 is 2.50 bits per heavy atom. The van der Waals surface area contributed by atoms with Gasteiger partial charge in [0.15, 0.2) is 0 Å². The van der Waals surface area contributed by atoms with Gasteiger partial charge in [0.2, 0.25) is 11.1 Å². The summed E-state index contributed by atoms with van der Waals surface area (Å²) >= 11 is 1.41. The highest BCUT2D eigenvalue weighted by Crippen LogP contribution is 2.30. The van der Waals surface area contributed by atoms with Crippen molar-refractivity contribution in [2.24, 2.45) is 0 Å². The van der Waals surface area contributed by atoms with Crippen LogP contribution in [-0.4, -0.2) is 45.0 Å². The lowest BCUT2D eigenvalue weighted by Gasteiger charge is -2.28. The molecule has 0 radical (unpaired) electrons. The number of rotatable bonds is 6. The van der Waals surface area contributed by atoms with Gasteiger partial charge in [-0.15, -0.1) is 5.10 Å². The number of amides is 1. The molecule has 28 heavy (non-hydrogen) atoms. The number of thioether (sulfide) groups is 1. The zero-order chi connectivity index (χ0) is 19.2. The van der Waals surface area contributed by atoms with Crippen molar-refractivity contribution in [3.8, 4) is 0 Å². The molecule has 0 bridgehead atoms. The van der Waals surface area contributed by atoms with Gasteiger partial charge in [-0.1, -0.05) is 31.0 Å². The molecular formula is C20H28N6OS. The van der Waals surface area contributed by atoms with E-state index in [1.807, 2.05) is 16.8 Å². The Bertz CT molecular complexity index is 765. The SMILES string of the molecule is O=C(CSc1nnnn1C1CCCCC1)Nc1ccc(N2CCCCC2)cc1. The first kappa shape index (κ1) is 19.2. The summed E-state index contributed by atoms with van der Waals surface area (Å²) in [5.74, 6) is 0.273. The molecule has 2 fully saturated rings. The van der Waals surface area contributed by atoms with E-state index in [0.29, 0.717) is 11.8 Å². The molecular weight excluding hydrogens is 372 g/mol. The Labute approximate surface area is 170 Å². The van der Waals surface area contributed by atoms with Gasteiger partial charge in [0.05, 0.1) is 11.8 Å². The Morgan fingerprint density at radius 2 is 1.75 bits per heavy atom. The van der Waals surface area contributed by atoms with Gasteiger partial charge in [-0.3, -0.25) is 4.79 Å². The summed E-state index contributed by atoms with van der Waals surface area (Å²) in [6.07, 6.45) is 9.83. The number of carbonyl (C=O) groups is 1. The van der Waals surface area contributed by atoms with Crippen LogP contribution in [0.2, 0.25) is 0 Å². The van der Waals surface area contributed by atoms with Gasteiger partial charge in [-0.05, 0) is 66.8 Å². The number of carbonyl (C=O) groups excluding carboxylic acids is 1. The Morgan fingerprint density at radius 1 is 1.04 bits per heavy atom. The summed E-state index contributed by atoms with van der Waals surface area (Å²) in [4.78, 5) is 14.8. The van der Waals surface area contributed by atoms with Crippen LogP contribution in [0.4, 0.5) is 11.4 Å². The van der Waals surface area contributed by atoms with Crippen molar-refractivity contribution in [1.82, 2.24) is 20.2 Å². The van der Waals surface area contributed by atoms with Crippen molar-refractivity contribution in [3.05, 3.63) is 24.3 Å². The first-order valence-electron chi connectivity index (χ1n) is 10.3. The number of aromatic nitrogens is 4. The molecule has 8 heteroatoms. The first-order chi connectivity index (χ1) is 13.8. The Kier molecular flexibility index (Phi) is 6.46. The van der Waals surface area contributed by atoms with Crippen molar-refractivity contribution >= 4 is 29.0 Å². The molecule has 1 N–H and O–H groups in total. The van der Waals surface area contributed by atoms with E-state index in [9.17, 15) is 4.79 Å². The third kappa shape index (κ3) is 4.84. The number of benzene rings is 1. The minimum atomic E-state index is -0.0334. The largest absolute Gasteiger partial charge is 0.372 e. The maximum atomic E-state index is 12.4. The first-order valence-corrected chi connectivity index (χ1v) is 11.3. The molecule has 1 aromatic heterocycles. The molecule has 2 aliphatic rings. The molecule has 1 aliphatic heterocycles. The van der Waals surface area contributed by atoms with Crippen LogP contribution in [-0.2, 0) is 4.79 Å². The molecule has 2 aromatic rings. The molecule has 0 atom stereocenters. The smallest absolute Gasteiger partial charge is 0.234 e. The fourth-order valence-electron chi connectivity index (χ4n) is 4.07. The normalized spacial score (nSPS) is 18.2. The van der Waals surface area contributed by atoms with Crippen LogP contribution in [0.5, 0.6) is 0 Å². The predicted octanol–water partition coefficient (Wildman–Crippen LogP) is 3.90. The van der Waals surface area contributed by atoms with Crippen molar-refractivity contribution in [1.29, 1.82) is 0 Å². The second kappa shape index (κ2) is 9.41. The van der Waals surface area contributed by atoms with Crippen LogP contribution in [0.3, 0.4) is 0 Å². The van der Waals surface area contributed by atoms with E-state index in [-0.39, 0.29) is 5.91 Å². The van der Waals surface area contributed by atoms with E-state index < -0.39 is 0 Å². The molecule has 0 unspecified atom stereocenters. The topological polar surface area (TPSA) is 75.9 Å². The molecule has 1 aromatic carbocycles. The van der Waals surface area contributed by atoms with Crippen LogP contribution in [0.1, 0.15) is 57.4 Å². The highest BCUT2D eigenvalue weighted by Gasteiger charge is 2.20. The van der Waals surface area contributed by atoms with E-state index in [0.717, 1.165) is 36.8 Å². The number of piperidine rings is 1. The van der Waals surface area contributed by atoms with Crippen molar-refractivity contribution in [3.63, 3.8) is 0 Å². The lowest BCUT2D eigenvalue weighted by atomic mass is 9.96. The van der Waals surface area contributed by atoms with E-state index in [1.165, 1.54) is 56.0 Å². The highest BCUT2D eigenvalue weighted by atomic mass is 32.2. The fourth-order valence-corrected chi connectivity index (χ4v) is 4.81. The van der Waals surface area contributed by atoms with E-state index in [2.05, 4.69) is 37.9 Å². The monoisotopic (exact) mass is 400 g/mol. The number of nitrogens with one attached hydrogen (secondary N) is 1. The molecule has 2 heterocycles. The average molecular weight is 401 g/mol. The summed E-state index contributed by atoms with van der Waals surface area (Å²) in [6, 6.07) is 8.53. The maximum Gasteiger partial charge on any atom is 0.234 e. The average Bonchev–Trinajstić information content (AvgIpc) is 3.23. The Balaban J connectivity index is 1.28. The second-order valence-electron chi connectivity index (χ2n) is 7.63.